The molecule has 15 rings (SSSR count). The van der Waals surface area contributed by atoms with Crippen molar-refractivity contribution in [1.29, 1.82) is 0 Å². The second-order valence-corrected chi connectivity index (χ2v) is 20.5. The summed E-state index contributed by atoms with van der Waals surface area (Å²) in [5.74, 6) is 5.24. The fraction of sp³-hybridized carbons (Fsp3) is 0. The quantitative estimate of drug-likeness (QED) is 0.0651. The van der Waals surface area contributed by atoms with E-state index in [9.17, 15) is 0 Å². The van der Waals surface area contributed by atoms with Crippen molar-refractivity contribution in [3.63, 3.8) is 0 Å². The lowest BCUT2D eigenvalue weighted by Gasteiger charge is -2.29. The number of carbonyl (C=O) groups excluding carboxylic acids is 4. The number of carbonyl (C=O) groups is 4. The lowest BCUT2D eigenvalue weighted by Crippen LogP contribution is -2.37. The number of nitrogens with zero attached hydrogens (tertiary/aromatic N) is 2. The molecular weight excluding hydrogens is 1040 g/mol. The first-order valence-corrected chi connectivity index (χ1v) is 27.4. The minimum atomic E-state index is -0.631. The molecule has 8 heteroatoms. The van der Waals surface area contributed by atoms with Crippen LogP contribution in [0.4, 0.5) is 0 Å². The van der Waals surface area contributed by atoms with Crippen LogP contribution in [0, 0.1) is 23.9 Å². The molecule has 2 heterocycles. The van der Waals surface area contributed by atoms with Crippen molar-refractivity contribution in [3.8, 4) is 91.4 Å². The molecular formula is C76H42N2O6. The van der Waals surface area contributed by atoms with E-state index in [1.807, 2.05) is 231 Å². The van der Waals surface area contributed by atoms with Gasteiger partial charge in [-0.05, 0) is 93.4 Å². The second-order valence-electron chi connectivity index (χ2n) is 20.5. The maximum Gasteiger partial charge on any atom is 0.273 e. The van der Waals surface area contributed by atoms with Gasteiger partial charge in [0, 0.05) is 88.9 Å². The number of hydrogen-bond acceptors (Lipinski definition) is 6. The molecule has 0 aliphatic carbocycles. The number of para-hydroxylation sites is 2. The van der Waals surface area contributed by atoms with Gasteiger partial charge in [0.1, 0.15) is 23.0 Å². The molecule has 0 saturated heterocycles. The molecule has 0 bridgehead atoms. The third-order valence-electron chi connectivity index (χ3n) is 15.7. The first-order valence-electron chi connectivity index (χ1n) is 27.4. The van der Waals surface area contributed by atoms with Gasteiger partial charge < -0.3 is 9.47 Å². The van der Waals surface area contributed by atoms with Gasteiger partial charge in [0.05, 0.1) is 11.1 Å². The zero-order valence-electron chi connectivity index (χ0n) is 44.6. The molecule has 8 nitrogen and oxygen atoms in total. The van der Waals surface area contributed by atoms with E-state index in [0.29, 0.717) is 65.7 Å². The Hall–Kier alpha value is -11.8. The number of ether oxygens (including phenoxy) is 2. The number of hydrogen-bond donors (Lipinski definition) is 0. The van der Waals surface area contributed by atoms with Crippen LogP contribution in [0.3, 0.4) is 0 Å². The molecule has 13 aromatic rings. The molecule has 0 saturated carbocycles. The molecule has 0 radical (unpaired) electrons. The first-order chi connectivity index (χ1) is 41.4. The van der Waals surface area contributed by atoms with Crippen molar-refractivity contribution >= 4 is 66.7 Å². The van der Waals surface area contributed by atoms with Crippen molar-refractivity contribution in [3.05, 3.63) is 288 Å². The Kier molecular flexibility index (Phi) is 11.8. The van der Waals surface area contributed by atoms with Gasteiger partial charge in [-0.3, -0.25) is 19.2 Å². The Bertz CT molecular complexity index is 4590. The molecule has 2 aliphatic rings. The summed E-state index contributed by atoms with van der Waals surface area (Å²) >= 11 is 0. The van der Waals surface area contributed by atoms with Gasteiger partial charge in [0.2, 0.25) is 0 Å². The van der Waals surface area contributed by atoms with Crippen LogP contribution in [0.2, 0.25) is 0 Å². The van der Waals surface area contributed by atoms with Crippen LogP contribution in [0.5, 0.6) is 23.0 Å². The van der Waals surface area contributed by atoms with Crippen LogP contribution in [0.15, 0.2) is 255 Å². The predicted molar refractivity (Wildman–Crippen MR) is 330 cm³/mol. The fourth-order valence-corrected chi connectivity index (χ4v) is 11.9. The van der Waals surface area contributed by atoms with E-state index >= 15 is 19.2 Å². The van der Waals surface area contributed by atoms with Gasteiger partial charge in [-0.2, -0.15) is 9.80 Å². The highest BCUT2D eigenvalue weighted by atomic mass is 16.5. The van der Waals surface area contributed by atoms with Crippen molar-refractivity contribution < 1.29 is 28.7 Å². The molecule has 392 valence electrons. The van der Waals surface area contributed by atoms with Gasteiger partial charge in [-0.1, -0.05) is 206 Å². The van der Waals surface area contributed by atoms with Crippen LogP contribution in [-0.2, 0) is 0 Å². The summed E-state index contributed by atoms with van der Waals surface area (Å²) in [5.41, 5.74) is 8.84. The molecule has 13 aromatic carbocycles. The highest BCUT2D eigenvalue weighted by Gasteiger charge is 2.39. The number of imide groups is 2. The molecule has 84 heavy (non-hydrogen) atoms. The van der Waals surface area contributed by atoms with Gasteiger partial charge in [0.15, 0.2) is 0 Å². The molecule has 0 fully saturated rings. The summed E-state index contributed by atoms with van der Waals surface area (Å²) in [6.45, 7) is 0. The third-order valence-corrected chi connectivity index (χ3v) is 15.7. The second kappa shape index (κ2) is 20.1. The minimum Gasteiger partial charge on any atom is -0.455 e. The van der Waals surface area contributed by atoms with E-state index in [1.165, 1.54) is 0 Å². The SMILES string of the molecule is O=C1c2ccc3c4c(Oc5c(-c6ccccc6)cccc5-c5ccccc5)cc5c6c(ccc(c7c(Oc8c(-c9ccccc9)cccc8-c8ccccc8)cc(c2c37)C(=O)N1C#Cc1ccccc1)c64)C(=O)N(C#Cc1ccccc1)C5=O. The highest BCUT2D eigenvalue weighted by Crippen LogP contribution is 2.55. The normalized spacial score (nSPS) is 12.6. The maximum absolute atomic E-state index is 15.4. The lowest BCUT2D eigenvalue weighted by atomic mass is 9.81. The van der Waals surface area contributed by atoms with E-state index in [2.05, 4.69) is 23.9 Å². The van der Waals surface area contributed by atoms with Crippen molar-refractivity contribution in [1.82, 2.24) is 9.80 Å². The first kappa shape index (κ1) is 49.2. The molecule has 0 spiro atoms. The van der Waals surface area contributed by atoms with Gasteiger partial charge in [0.25, 0.3) is 23.6 Å². The van der Waals surface area contributed by atoms with Crippen molar-refractivity contribution in [2.45, 2.75) is 0 Å². The van der Waals surface area contributed by atoms with Crippen LogP contribution < -0.4 is 9.47 Å². The van der Waals surface area contributed by atoms with E-state index < -0.39 is 23.6 Å². The summed E-state index contributed by atoms with van der Waals surface area (Å²) in [5, 5.41) is 4.12. The molecule has 0 N–H and O–H groups in total. The zero-order valence-corrected chi connectivity index (χ0v) is 44.6. The van der Waals surface area contributed by atoms with Crippen LogP contribution in [-0.4, -0.2) is 33.4 Å². The van der Waals surface area contributed by atoms with Gasteiger partial charge in [-0.25, -0.2) is 0 Å². The van der Waals surface area contributed by atoms with Crippen molar-refractivity contribution in [2.75, 3.05) is 0 Å². The smallest absolute Gasteiger partial charge is 0.273 e. The van der Waals surface area contributed by atoms with Crippen LogP contribution in [0.1, 0.15) is 52.6 Å². The molecule has 0 unspecified atom stereocenters. The third kappa shape index (κ3) is 8.05. The average molecular weight is 1080 g/mol. The Morgan fingerprint density at radius 3 is 0.881 bits per heavy atom. The number of amides is 4. The number of rotatable bonds is 8. The largest absolute Gasteiger partial charge is 0.455 e. The summed E-state index contributed by atoms with van der Waals surface area (Å²) < 4.78 is 15.1. The topological polar surface area (TPSA) is 93.2 Å². The van der Waals surface area contributed by atoms with E-state index in [4.69, 9.17) is 9.47 Å². The number of benzene rings is 13. The summed E-state index contributed by atoms with van der Waals surface area (Å²) in [7, 11) is 0. The Morgan fingerprint density at radius 1 is 0.262 bits per heavy atom. The predicted octanol–water partition coefficient (Wildman–Crippen LogP) is 17.2. The van der Waals surface area contributed by atoms with Gasteiger partial charge in [-0.15, -0.1) is 0 Å². The Morgan fingerprint density at radius 2 is 0.560 bits per heavy atom. The van der Waals surface area contributed by atoms with E-state index in [0.717, 1.165) is 54.3 Å². The molecule has 4 amide bonds. The highest BCUT2D eigenvalue weighted by molar-refractivity contribution is 6.43. The Balaban J connectivity index is 1.07. The van der Waals surface area contributed by atoms with E-state index in [1.54, 1.807) is 24.3 Å². The molecule has 0 atom stereocenters. The zero-order chi connectivity index (χ0) is 56.4. The molecule has 2 aliphatic heterocycles. The monoisotopic (exact) mass is 1080 g/mol. The van der Waals surface area contributed by atoms with Crippen LogP contribution >= 0.6 is 0 Å². The van der Waals surface area contributed by atoms with Gasteiger partial charge >= 0.3 is 0 Å². The standard InChI is InChI=1S/C76H42N2O6/c79-73-59-39-37-57-68-64(84-72-55(51-29-15-5-16-30-51)35-20-36-56(72)52-31-17-6-18-32-52)46-62-66-60(74(80)78(76(62)82)44-42-48-23-9-2-10-24-48)40-38-58(70(66)68)67-63(45-61(65(59)69(57)67)75(81)77(73)43-41-47-21-7-1-8-22-47)83-71-53(49-25-11-3-12-26-49)33-19-34-54(71)50-27-13-4-14-28-50/h1-40,45-46H. The summed E-state index contributed by atoms with van der Waals surface area (Å²) in [6.07, 6.45) is 0. The fourth-order valence-electron chi connectivity index (χ4n) is 11.9. The summed E-state index contributed by atoms with van der Waals surface area (Å²) in [4.78, 5) is 63.0. The van der Waals surface area contributed by atoms with E-state index in [-0.39, 0.29) is 33.8 Å². The lowest BCUT2D eigenvalue weighted by molar-refractivity contribution is 0.0678. The minimum absolute atomic E-state index is 0.191. The Labute approximate surface area is 482 Å². The van der Waals surface area contributed by atoms with Crippen LogP contribution in [0.25, 0.3) is 87.6 Å². The maximum atomic E-state index is 15.4. The number of fused-ring (bicyclic) bond motifs is 2. The molecule has 0 aromatic heterocycles. The summed E-state index contributed by atoms with van der Waals surface area (Å²) in [6, 6.07) is 86.7. The average Bonchev–Trinajstić information content (AvgIpc) is 0.760. The van der Waals surface area contributed by atoms with Crippen molar-refractivity contribution in [2.24, 2.45) is 0 Å².